The van der Waals surface area contributed by atoms with Crippen LogP contribution in [0.4, 0.5) is 0 Å². The van der Waals surface area contributed by atoms with Crippen molar-refractivity contribution < 1.29 is 0 Å². The molecule has 0 aromatic carbocycles. The largest absolute Gasteiger partial charge is 0.328 e. The van der Waals surface area contributed by atoms with Crippen LogP contribution in [0, 0.1) is 0 Å². The van der Waals surface area contributed by atoms with Crippen molar-refractivity contribution in [3.05, 3.63) is 66.3 Å². The highest BCUT2D eigenvalue weighted by Crippen LogP contribution is 2.26. The predicted octanol–water partition coefficient (Wildman–Crippen LogP) is 2.10. The van der Waals surface area contributed by atoms with E-state index in [9.17, 15) is 0 Å². The summed E-state index contributed by atoms with van der Waals surface area (Å²) in [6.07, 6.45) is 9.50. The van der Waals surface area contributed by atoms with Gasteiger partial charge >= 0.3 is 0 Å². The molecule has 3 aromatic heterocycles. The molecule has 23 heavy (non-hydrogen) atoms. The van der Waals surface area contributed by atoms with Gasteiger partial charge in [0.2, 0.25) is 0 Å². The molecule has 0 unspecified atom stereocenters. The third kappa shape index (κ3) is 2.77. The molecule has 4 rings (SSSR count). The van der Waals surface area contributed by atoms with Gasteiger partial charge < -0.3 is 4.57 Å². The number of fused-ring (bicyclic) bond motifs is 1. The maximum absolute atomic E-state index is 4.68. The van der Waals surface area contributed by atoms with E-state index >= 15 is 0 Å². The highest BCUT2D eigenvalue weighted by molar-refractivity contribution is 5.14. The maximum Gasteiger partial charge on any atom is 0.126 e. The smallest absolute Gasteiger partial charge is 0.126 e. The molecule has 1 atom stereocenters. The second-order valence-electron chi connectivity index (χ2n) is 5.96. The zero-order chi connectivity index (χ0) is 15.6. The van der Waals surface area contributed by atoms with Gasteiger partial charge in [0.25, 0.3) is 0 Å². The van der Waals surface area contributed by atoms with Crippen LogP contribution >= 0.6 is 0 Å². The molecule has 118 valence electrons. The summed E-state index contributed by atoms with van der Waals surface area (Å²) >= 11 is 0. The average molecular weight is 308 g/mol. The Hall–Kier alpha value is -2.47. The van der Waals surface area contributed by atoms with E-state index in [0.29, 0.717) is 6.04 Å². The maximum atomic E-state index is 4.68. The molecule has 6 heteroatoms. The quantitative estimate of drug-likeness (QED) is 0.740. The summed E-state index contributed by atoms with van der Waals surface area (Å²) in [5, 5.41) is 4.29. The highest BCUT2D eigenvalue weighted by atomic mass is 15.3. The lowest BCUT2D eigenvalue weighted by molar-refractivity contribution is 0.155. The van der Waals surface area contributed by atoms with Crippen LogP contribution in [-0.2, 0) is 19.6 Å². The fourth-order valence-electron chi connectivity index (χ4n) is 3.23. The Balaban J connectivity index is 1.53. The van der Waals surface area contributed by atoms with E-state index in [4.69, 9.17) is 0 Å². The van der Waals surface area contributed by atoms with Gasteiger partial charge in [-0.05, 0) is 30.7 Å². The molecule has 0 amide bonds. The summed E-state index contributed by atoms with van der Waals surface area (Å²) in [6.45, 7) is 5.94. The summed E-state index contributed by atoms with van der Waals surface area (Å²) in [7, 11) is 0. The van der Waals surface area contributed by atoms with Crippen LogP contribution in [0.5, 0.6) is 0 Å². The molecule has 6 nitrogen and oxygen atoms in total. The van der Waals surface area contributed by atoms with E-state index in [1.54, 1.807) is 0 Å². The second kappa shape index (κ2) is 5.96. The van der Waals surface area contributed by atoms with Crippen molar-refractivity contribution in [3.63, 3.8) is 0 Å². The minimum absolute atomic E-state index is 0.309. The van der Waals surface area contributed by atoms with Gasteiger partial charge in [0, 0.05) is 44.4 Å². The molecule has 0 saturated carbocycles. The Morgan fingerprint density at radius 3 is 2.78 bits per heavy atom. The summed E-state index contributed by atoms with van der Waals surface area (Å²) in [6, 6.07) is 6.42. The fourth-order valence-corrected chi connectivity index (χ4v) is 3.23. The Morgan fingerprint density at radius 2 is 2.00 bits per heavy atom. The first-order chi connectivity index (χ1) is 11.3. The third-order valence-corrected chi connectivity index (χ3v) is 4.52. The van der Waals surface area contributed by atoms with Gasteiger partial charge in [-0.1, -0.05) is 0 Å². The number of nitrogens with zero attached hydrogens (tertiary/aromatic N) is 6. The highest BCUT2D eigenvalue weighted by Gasteiger charge is 2.26. The van der Waals surface area contributed by atoms with E-state index in [-0.39, 0.29) is 0 Å². The minimum Gasteiger partial charge on any atom is -0.328 e. The molecule has 3 aromatic rings. The number of hydrogen-bond acceptors (Lipinski definition) is 4. The Morgan fingerprint density at radius 1 is 1.13 bits per heavy atom. The summed E-state index contributed by atoms with van der Waals surface area (Å²) in [5.74, 6) is 1.15. The summed E-state index contributed by atoms with van der Waals surface area (Å²) < 4.78 is 4.29. The van der Waals surface area contributed by atoms with E-state index in [1.807, 2.05) is 41.7 Å². The normalized spacial score (nSPS) is 18.0. The number of imidazole rings is 1. The topological polar surface area (TPSA) is 51.8 Å². The summed E-state index contributed by atoms with van der Waals surface area (Å²) in [4.78, 5) is 11.2. The molecule has 0 fully saturated rings. The van der Waals surface area contributed by atoms with Gasteiger partial charge in [-0.15, -0.1) is 0 Å². The first kappa shape index (κ1) is 14.1. The lowest BCUT2D eigenvalue weighted by Crippen LogP contribution is -2.37. The summed E-state index contributed by atoms with van der Waals surface area (Å²) in [5.41, 5.74) is 2.52. The molecule has 0 radical (unpaired) electrons. The van der Waals surface area contributed by atoms with E-state index < -0.39 is 0 Å². The van der Waals surface area contributed by atoms with Crippen LogP contribution in [0.1, 0.15) is 30.0 Å². The van der Waals surface area contributed by atoms with Crippen molar-refractivity contribution in [2.75, 3.05) is 6.54 Å². The predicted molar refractivity (Wildman–Crippen MR) is 86.6 cm³/mol. The molecule has 0 saturated heterocycles. The molecular formula is C17H20N6. The first-order valence-electron chi connectivity index (χ1n) is 7.96. The number of rotatable bonds is 4. The Kier molecular flexibility index (Phi) is 3.67. The van der Waals surface area contributed by atoms with Gasteiger partial charge in [0.05, 0.1) is 24.5 Å². The van der Waals surface area contributed by atoms with E-state index in [2.05, 4.69) is 43.6 Å². The van der Waals surface area contributed by atoms with Crippen LogP contribution in [-0.4, -0.2) is 35.8 Å². The van der Waals surface area contributed by atoms with Crippen LogP contribution < -0.4 is 0 Å². The van der Waals surface area contributed by atoms with Gasteiger partial charge in [0.15, 0.2) is 0 Å². The van der Waals surface area contributed by atoms with Crippen LogP contribution in [0.25, 0.3) is 0 Å². The molecule has 0 bridgehead atoms. The molecule has 0 aliphatic carbocycles. The minimum atomic E-state index is 0.309. The van der Waals surface area contributed by atoms with Crippen LogP contribution in [0.2, 0.25) is 0 Å². The SMILES string of the molecule is C[C@@H]1c2ncc(Cn3cccn3)n2CCN1Cc1ccncc1. The molecule has 1 aliphatic heterocycles. The van der Waals surface area contributed by atoms with Crippen LogP contribution in [0.3, 0.4) is 0 Å². The number of aromatic nitrogens is 5. The van der Waals surface area contributed by atoms with Crippen molar-refractivity contribution in [2.45, 2.75) is 32.6 Å². The molecular weight excluding hydrogens is 288 g/mol. The molecule has 0 N–H and O–H groups in total. The first-order valence-corrected chi connectivity index (χ1v) is 7.96. The monoisotopic (exact) mass is 308 g/mol. The van der Waals surface area contributed by atoms with Crippen molar-refractivity contribution in [3.8, 4) is 0 Å². The van der Waals surface area contributed by atoms with E-state index in [1.165, 1.54) is 11.3 Å². The van der Waals surface area contributed by atoms with Crippen molar-refractivity contribution >= 4 is 0 Å². The van der Waals surface area contributed by atoms with Gasteiger partial charge in [0.1, 0.15) is 5.82 Å². The van der Waals surface area contributed by atoms with E-state index in [0.717, 1.165) is 32.0 Å². The van der Waals surface area contributed by atoms with Crippen molar-refractivity contribution in [1.29, 1.82) is 0 Å². The standard InChI is InChI=1S/C17H20N6/c1-14-17-19-11-16(13-22-8-2-5-20-22)23(17)10-9-21(14)12-15-3-6-18-7-4-15/h2-8,11,14H,9-10,12-13H2,1H3/t14-/m1/s1. The van der Waals surface area contributed by atoms with Gasteiger partial charge in [-0.25, -0.2) is 4.98 Å². The second-order valence-corrected chi connectivity index (χ2v) is 5.96. The lowest BCUT2D eigenvalue weighted by atomic mass is 10.1. The zero-order valence-corrected chi connectivity index (χ0v) is 13.2. The third-order valence-electron chi connectivity index (χ3n) is 4.52. The Labute approximate surface area is 135 Å². The number of hydrogen-bond donors (Lipinski definition) is 0. The van der Waals surface area contributed by atoms with Gasteiger partial charge in [-0.3, -0.25) is 14.6 Å². The molecule has 0 spiro atoms. The number of pyridine rings is 1. The van der Waals surface area contributed by atoms with Crippen molar-refractivity contribution in [2.24, 2.45) is 0 Å². The molecule has 1 aliphatic rings. The average Bonchev–Trinajstić information content (AvgIpc) is 3.22. The Bertz CT molecular complexity index is 762. The fraction of sp³-hybridized carbons (Fsp3) is 0.353. The van der Waals surface area contributed by atoms with Crippen molar-refractivity contribution in [1.82, 2.24) is 29.2 Å². The molecule has 4 heterocycles. The van der Waals surface area contributed by atoms with Crippen LogP contribution in [0.15, 0.2) is 49.2 Å². The zero-order valence-electron chi connectivity index (χ0n) is 13.2. The lowest BCUT2D eigenvalue weighted by Gasteiger charge is -2.34. The van der Waals surface area contributed by atoms with Gasteiger partial charge in [-0.2, -0.15) is 5.10 Å².